The van der Waals surface area contributed by atoms with E-state index in [0.29, 0.717) is 13.0 Å². The number of likely N-dealkylation sites (tertiary alicyclic amines) is 2. The first kappa shape index (κ1) is 27.1. The Morgan fingerprint density at radius 1 is 0.767 bits per heavy atom. The molecule has 5 heterocycles. The van der Waals surface area contributed by atoms with Crippen molar-refractivity contribution in [3.05, 3.63) is 72.6 Å². The first-order valence-electron chi connectivity index (χ1n) is 15.2. The van der Waals surface area contributed by atoms with Crippen LogP contribution in [0, 0.1) is 0 Å². The zero-order valence-electron chi connectivity index (χ0n) is 24.2. The lowest BCUT2D eigenvalue weighted by Crippen LogP contribution is -2.57. The Morgan fingerprint density at radius 2 is 1.23 bits per heavy atom. The number of carbonyl (C=O) groups excluding carboxylic acids is 3. The molecule has 0 radical (unpaired) electrons. The number of aromatic amines is 2. The molecule has 3 aliphatic rings. The Balaban J connectivity index is 1.02. The number of amides is 3. The minimum atomic E-state index is -0.401. The van der Waals surface area contributed by atoms with Crippen molar-refractivity contribution in [2.45, 2.75) is 63.6 Å². The minimum absolute atomic E-state index is 0.0210. The zero-order valence-corrected chi connectivity index (χ0v) is 24.2. The molecule has 0 saturated carbocycles. The van der Waals surface area contributed by atoms with E-state index in [1.165, 1.54) is 0 Å². The van der Waals surface area contributed by atoms with E-state index in [9.17, 15) is 14.4 Å². The van der Waals surface area contributed by atoms with Crippen LogP contribution < -0.4 is 5.32 Å². The lowest BCUT2D eigenvalue weighted by molar-refractivity contribution is -0.144. The van der Waals surface area contributed by atoms with Gasteiger partial charge in [0.05, 0.1) is 42.3 Å². The Kier molecular flexibility index (Phi) is 7.04. The van der Waals surface area contributed by atoms with Gasteiger partial charge in [0.2, 0.25) is 17.7 Å². The van der Waals surface area contributed by atoms with Crippen LogP contribution in [0.5, 0.6) is 0 Å². The number of imidazole rings is 2. The maximum atomic E-state index is 12.9. The molecule has 7 rings (SSSR count). The van der Waals surface area contributed by atoms with E-state index < -0.39 is 6.04 Å². The summed E-state index contributed by atoms with van der Waals surface area (Å²) >= 11 is 0. The molecule has 3 amide bonds. The quantitative estimate of drug-likeness (QED) is 0.273. The highest BCUT2D eigenvalue weighted by molar-refractivity contribution is 5.97. The van der Waals surface area contributed by atoms with Crippen molar-refractivity contribution < 1.29 is 14.4 Å². The SMILES string of the molecule is CCC(=O)N1CCC[C@H]1c1ncc(-c2ccc(-c3ccc(-c4cnc([C@@H]5CCCN5C(=O)[C@@H]5CC(=O)N5)[nH]4)cc3)cc2)[nH]1. The van der Waals surface area contributed by atoms with E-state index in [-0.39, 0.29) is 36.2 Å². The molecule has 220 valence electrons. The van der Waals surface area contributed by atoms with Crippen LogP contribution in [0.2, 0.25) is 0 Å². The summed E-state index contributed by atoms with van der Waals surface area (Å²) < 4.78 is 0. The van der Waals surface area contributed by atoms with Crippen LogP contribution in [0.4, 0.5) is 0 Å². The Bertz CT molecular complexity index is 1650. The topological polar surface area (TPSA) is 127 Å². The number of hydrogen-bond acceptors (Lipinski definition) is 5. The summed E-state index contributed by atoms with van der Waals surface area (Å²) in [6.07, 6.45) is 8.18. The van der Waals surface area contributed by atoms with Crippen molar-refractivity contribution in [3.63, 3.8) is 0 Å². The van der Waals surface area contributed by atoms with Gasteiger partial charge in [-0.05, 0) is 47.9 Å². The van der Waals surface area contributed by atoms with Gasteiger partial charge in [0, 0.05) is 19.5 Å². The van der Waals surface area contributed by atoms with Gasteiger partial charge >= 0.3 is 0 Å². The van der Waals surface area contributed by atoms with Crippen LogP contribution in [-0.2, 0) is 14.4 Å². The van der Waals surface area contributed by atoms with Crippen molar-refractivity contribution >= 4 is 17.7 Å². The number of H-pyrrole nitrogens is 2. The fraction of sp³-hybridized carbons (Fsp3) is 0.364. The van der Waals surface area contributed by atoms with Crippen LogP contribution >= 0.6 is 0 Å². The van der Waals surface area contributed by atoms with Crippen LogP contribution in [0.1, 0.15) is 69.2 Å². The highest BCUT2D eigenvalue weighted by Gasteiger charge is 2.40. The maximum Gasteiger partial charge on any atom is 0.246 e. The second kappa shape index (κ2) is 11.2. The Morgan fingerprint density at radius 3 is 1.72 bits per heavy atom. The van der Waals surface area contributed by atoms with Gasteiger partial charge in [0.15, 0.2) is 0 Å². The van der Waals surface area contributed by atoms with Crippen LogP contribution in [0.15, 0.2) is 60.9 Å². The molecule has 3 fully saturated rings. The molecule has 2 aromatic carbocycles. The third kappa shape index (κ3) is 5.11. The first-order chi connectivity index (χ1) is 21.0. The summed E-state index contributed by atoms with van der Waals surface area (Å²) in [6, 6.07) is 16.3. The van der Waals surface area contributed by atoms with Crippen molar-refractivity contribution in [1.29, 1.82) is 0 Å². The number of benzene rings is 2. The van der Waals surface area contributed by atoms with Crippen LogP contribution in [-0.4, -0.2) is 66.6 Å². The lowest BCUT2D eigenvalue weighted by atomic mass is 10.0. The molecule has 0 aliphatic carbocycles. The fourth-order valence-corrected chi connectivity index (χ4v) is 6.56. The highest BCUT2D eigenvalue weighted by Crippen LogP contribution is 2.34. The molecule has 2 aromatic heterocycles. The molecule has 3 aliphatic heterocycles. The molecular weight excluding hydrogens is 542 g/mol. The van der Waals surface area contributed by atoms with Crippen LogP contribution in [0.25, 0.3) is 33.6 Å². The summed E-state index contributed by atoms with van der Waals surface area (Å²) in [5.41, 5.74) is 6.14. The van der Waals surface area contributed by atoms with Gasteiger partial charge < -0.3 is 25.1 Å². The Hall–Kier alpha value is -4.73. The predicted octanol–water partition coefficient (Wildman–Crippen LogP) is 4.76. The summed E-state index contributed by atoms with van der Waals surface area (Å²) in [4.78, 5) is 56.4. The highest BCUT2D eigenvalue weighted by atomic mass is 16.2. The third-order valence-electron chi connectivity index (χ3n) is 8.98. The number of carbonyl (C=O) groups is 3. The molecule has 3 N–H and O–H groups in total. The van der Waals surface area contributed by atoms with Gasteiger partial charge in [-0.1, -0.05) is 55.5 Å². The number of aromatic nitrogens is 4. The second-order valence-corrected chi connectivity index (χ2v) is 11.6. The number of nitrogens with zero attached hydrogens (tertiary/aromatic N) is 4. The molecule has 0 spiro atoms. The molecule has 10 nitrogen and oxygen atoms in total. The van der Waals surface area contributed by atoms with Crippen molar-refractivity contribution in [3.8, 4) is 33.6 Å². The summed E-state index contributed by atoms with van der Waals surface area (Å²) in [5, 5.41) is 2.69. The van der Waals surface area contributed by atoms with Gasteiger partial charge in [0.25, 0.3) is 0 Å². The monoisotopic (exact) mass is 577 g/mol. The number of nitrogens with one attached hydrogen (secondary N) is 3. The van der Waals surface area contributed by atoms with Crippen molar-refractivity contribution in [2.24, 2.45) is 0 Å². The molecular formula is C33H35N7O3. The van der Waals surface area contributed by atoms with E-state index in [0.717, 1.165) is 77.5 Å². The molecule has 3 atom stereocenters. The molecule has 4 aromatic rings. The minimum Gasteiger partial charge on any atom is -0.344 e. The van der Waals surface area contributed by atoms with Crippen LogP contribution in [0.3, 0.4) is 0 Å². The van der Waals surface area contributed by atoms with Crippen molar-refractivity contribution in [1.82, 2.24) is 35.1 Å². The van der Waals surface area contributed by atoms with E-state index in [1.54, 1.807) is 0 Å². The van der Waals surface area contributed by atoms with Gasteiger partial charge in [-0.15, -0.1) is 0 Å². The lowest BCUT2D eigenvalue weighted by Gasteiger charge is -2.32. The number of rotatable bonds is 7. The van der Waals surface area contributed by atoms with Gasteiger partial charge in [0.1, 0.15) is 17.7 Å². The Labute approximate surface area is 249 Å². The average Bonchev–Trinajstić information content (AvgIpc) is 3.85. The molecule has 43 heavy (non-hydrogen) atoms. The third-order valence-corrected chi connectivity index (χ3v) is 8.98. The molecule has 0 unspecified atom stereocenters. The maximum absolute atomic E-state index is 12.9. The molecule has 0 bridgehead atoms. The van der Waals surface area contributed by atoms with Gasteiger partial charge in [-0.25, -0.2) is 9.97 Å². The summed E-state index contributed by atoms with van der Waals surface area (Å²) in [6.45, 7) is 3.38. The summed E-state index contributed by atoms with van der Waals surface area (Å²) in [7, 11) is 0. The van der Waals surface area contributed by atoms with E-state index >= 15 is 0 Å². The molecule has 10 heteroatoms. The van der Waals surface area contributed by atoms with Gasteiger partial charge in [-0.3, -0.25) is 14.4 Å². The summed E-state index contributed by atoms with van der Waals surface area (Å²) in [5.74, 6) is 1.73. The smallest absolute Gasteiger partial charge is 0.246 e. The predicted molar refractivity (Wildman–Crippen MR) is 161 cm³/mol. The largest absolute Gasteiger partial charge is 0.344 e. The standard InChI is InChI=1S/C33H35N7O3/c1-2-30(42)39-15-3-5-27(39)31-34-18-25(37-31)22-11-7-20(8-12-22)21-9-13-23(14-10-21)26-19-35-32(38-26)28-6-4-16-40(28)33(43)24-17-29(41)36-24/h7-14,18-19,24,27-28H,2-6,15-17H2,1H3,(H,34,37)(H,35,38)(H,36,41)/t24-,27-,28-/m0/s1. The molecule has 3 saturated heterocycles. The zero-order chi connectivity index (χ0) is 29.5. The normalized spacial score (nSPS) is 21.6. The number of β-lactam (4-membered cyclic amide) rings is 1. The fourth-order valence-electron chi connectivity index (χ4n) is 6.56. The van der Waals surface area contributed by atoms with E-state index in [1.807, 2.05) is 29.1 Å². The van der Waals surface area contributed by atoms with E-state index in [2.05, 4.69) is 73.8 Å². The number of hydrogen-bond donors (Lipinski definition) is 3. The van der Waals surface area contributed by atoms with Crippen molar-refractivity contribution in [2.75, 3.05) is 13.1 Å². The van der Waals surface area contributed by atoms with E-state index in [4.69, 9.17) is 0 Å². The second-order valence-electron chi connectivity index (χ2n) is 11.6. The van der Waals surface area contributed by atoms with Gasteiger partial charge in [-0.2, -0.15) is 0 Å². The first-order valence-corrected chi connectivity index (χ1v) is 15.2. The average molecular weight is 578 g/mol.